The summed E-state index contributed by atoms with van der Waals surface area (Å²) in [6.07, 6.45) is 0.257. The second kappa shape index (κ2) is 9.57. The average molecular weight is 416 g/mol. The number of hydrogen-bond acceptors (Lipinski definition) is 5. The lowest BCUT2D eigenvalue weighted by Gasteiger charge is -2.12. The summed E-state index contributed by atoms with van der Waals surface area (Å²) < 4.78 is 5.68. The Bertz CT molecular complexity index is 908. The van der Waals surface area contributed by atoms with Crippen molar-refractivity contribution in [2.75, 3.05) is 19.0 Å². The monoisotopic (exact) mass is 415 g/mol. The second-order valence-corrected chi connectivity index (χ2v) is 7.87. The molecule has 0 spiro atoms. The SMILES string of the molecule is CN(C)c1ccc(CNC(=O)Cc2csc(COc3ccc(Cl)cc3)n2)cc1. The van der Waals surface area contributed by atoms with Crippen LogP contribution in [0, 0.1) is 0 Å². The molecule has 7 heteroatoms. The molecule has 3 rings (SSSR count). The van der Waals surface area contributed by atoms with Gasteiger partial charge in [-0.05, 0) is 42.0 Å². The van der Waals surface area contributed by atoms with Crippen molar-refractivity contribution in [3.8, 4) is 5.75 Å². The molecule has 0 aliphatic heterocycles. The highest BCUT2D eigenvalue weighted by Crippen LogP contribution is 2.18. The summed E-state index contributed by atoms with van der Waals surface area (Å²) in [5.74, 6) is 0.686. The van der Waals surface area contributed by atoms with Crippen molar-refractivity contribution in [2.45, 2.75) is 19.6 Å². The molecule has 146 valence electrons. The summed E-state index contributed by atoms with van der Waals surface area (Å²) in [7, 11) is 4.00. The molecule has 3 aromatic rings. The van der Waals surface area contributed by atoms with Crippen LogP contribution in [0.4, 0.5) is 5.69 Å². The van der Waals surface area contributed by atoms with Gasteiger partial charge in [-0.2, -0.15) is 0 Å². The highest BCUT2D eigenvalue weighted by atomic mass is 35.5. The van der Waals surface area contributed by atoms with Crippen molar-refractivity contribution in [3.63, 3.8) is 0 Å². The number of nitrogens with zero attached hydrogens (tertiary/aromatic N) is 2. The van der Waals surface area contributed by atoms with E-state index in [0.29, 0.717) is 18.2 Å². The predicted octanol–water partition coefficient (Wildman–Crippen LogP) is 4.30. The van der Waals surface area contributed by atoms with Crippen molar-refractivity contribution >= 4 is 34.5 Å². The second-order valence-electron chi connectivity index (χ2n) is 6.49. The zero-order valence-electron chi connectivity index (χ0n) is 15.8. The minimum Gasteiger partial charge on any atom is -0.486 e. The van der Waals surface area contributed by atoms with Gasteiger partial charge in [0, 0.05) is 36.7 Å². The fraction of sp³-hybridized carbons (Fsp3) is 0.238. The Morgan fingerprint density at radius 2 is 1.86 bits per heavy atom. The molecule has 0 bridgehead atoms. The smallest absolute Gasteiger partial charge is 0.226 e. The maximum Gasteiger partial charge on any atom is 0.226 e. The number of thiazole rings is 1. The molecule has 0 atom stereocenters. The number of hydrogen-bond donors (Lipinski definition) is 1. The molecule has 0 radical (unpaired) electrons. The largest absolute Gasteiger partial charge is 0.486 e. The lowest BCUT2D eigenvalue weighted by atomic mass is 10.2. The molecule has 0 aliphatic rings. The van der Waals surface area contributed by atoms with Gasteiger partial charge in [-0.15, -0.1) is 11.3 Å². The van der Waals surface area contributed by atoms with E-state index in [9.17, 15) is 4.79 Å². The minimum absolute atomic E-state index is 0.0489. The lowest BCUT2D eigenvalue weighted by molar-refractivity contribution is -0.120. The topological polar surface area (TPSA) is 54.5 Å². The summed E-state index contributed by atoms with van der Waals surface area (Å²) in [6.45, 7) is 0.870. The van der Waals surface area contributed by atoms with Crippen LogP contribution in [0.1, 0.15) is 16.3 Å². The maximum atomic E-state index is 12.2. The number of benzene rings is 2. The Morgan fingerprint density at radius 1 is 1.14 bits per heavy atom. The van der Waals surface area contributed by atoms with E-state index in [0.717, 1.165) is 27.7 Å². The molecule has 0 saturated heterocycles. The zero-order chi connectivity index (χ0) is 19.9. The third-order valence-corrected chi connectivity index (χ3v) is 5.18. The van der Waals surface area contributed by atoms with Crippen molar-refractivity contribution in [1.29, 1.82) is 0 Å². The van der Waals surface area contributed by atoms with E-state index in [1.54, 1.807) is 12.1 Å². The Kier molecular flexibility index (Phi) is 6.90. The number of aromatic nitrogens is 1. The lowest BCUT2D eigenvalue weighted by Crippen LogP contribution is -2.24. The van der Waals surface area contributed by atoms with E-state index >= 15 is 0 Å². The van der Waals surface area contributed by atoms with Crippen LogP contribution in [-0.2, 0) is 24.4 Å². The molecule has 2 aromatic carbocycles. The molecule has 1 heterocycles. The van der Waals surface area contributed by atoms with Crippen LogP contribution in [0.25, 0.3) is 0 Å². The maximum absolute atomic E-state index is 12.2. The van der Waals surface area contributed by atoms with E-state index in [-0.39, 0.29) is 12.3 Å². The van der Waals surface area contributed by atoms with Gasteiger partial charge < -0.3 is 15.0 Å². The Hall–Kier alpha value is -2.57. The molecule has 0 unspecified atom stereocenters. The summed E-state index contributed by atoms with van der Waals surface area (Å²) in [6, 6.07) is 15.3. The Labute approximate surface area is 173 Å². The van der Waals surface area contributed by atoms with E-state index in [4.69, 9.17) is 16.3 Å². The van der Waals surface area contributed by atoms with Gasteiger partial charge in [-0.1, -0.05) is 23.7 Å². The van der Waals surface area contributed by atoms with Crippen LogP contribution in [0.5, 0.6) is 5.75 Å². The van der Waals surface area contributed by atoms with Gasteiger partial charge in [0.1, 0.15) is 17.4 Å². The Balaban J connectivity index is 1.44. The number of halogens is 1. The summed E-state index contributed by atoms with van der Waals surface area (Å²) in [5.41, 5.74) is 2.94. The number of anilines is 1. The van der Waals surface area contributed by atoms with Gasteiger partial charge in [0.2, 0.25) is 5.91 Å². The van der Waals surface area contributed by atoms with E-state index in [2.05, 4.69) is 10.3 Å². The fourth-order valence-electron chi connectivity index (χ4n) is 2.51. The zero-order valence-corrected chi connectivity index (χ0v) is 17.4. The van der Waals surface area contributed by atoms with Crippen LogP contribution < -0.4 is 15.0 Å². The standard InChI is InChI=1S/C21H22ClN3O2S/c1-25(2)18-7-3-15(4-8-18)12-23-20(26)11-17-14-28-21(24-17)13-27-19-9-5-16(22)6-10-19/h3-10,14H,11-13H2,1-2H3,(H,23,26). The number of carbonyl (C=O) groups is 1. The number of amides is 1. The molecular weight excluding hydrogens is 394 g/mol. The van der Waals surface area contributed by atoms with E-state index < -0.39 is 0 Å². The third kappa shape index (κ3) is 5.97. The van der Waals surface area contributed by atoms with Gasteiger partial charge in [-0.25, -0.2) is 4.98 Å². The normalized spacial score (nSPS) is 10.5. The van der Waals surface area contributed by atoms with Gasteiger partial charge in [0.05, 0.1) is 12.1 Å². The molecule has 0 saturated carbocycles. The van der Waals surface area contributed by atoms with Gasteiger partial charge in [0.15, 0.2) is 0 Å². The molecule has 1 N–H and O–H groups in total. The van der Waals surface area contributed by atoms with Crippen LogP contribution in [0.3, 0.4) is 0 Å². The van der Waals surface area contributed by atoms with Crippen LogP contribution in [0.2, 0.25) is 5.02 Å². The highest BCUT2D eigenvalue weighted by molar-refractivity contribution is 7.09. The number of rotatable bonds is 8. The van der Waals surface area contributed by atoms with Gasteiger partial charge >= 0.3 is 0 Å². The first-order valence-corrected chi connectivity index (χ1v) is 10.1. The van der Waals surface area contributed by atoms with Crippen LogP contribution in [0.15, 0.2) is 53.9 Å². The number of ether oxygens (including phenoxy) is 1. The van der Waals surface area contributed by atoms with Gasteiger partial charge in [-0.3, -0.25) is 4.79 Å². The molecular formula is C21H22ClN3O2S. The Morgan fingerprint density at radius 3 is 2.54 bits per heavy atom. The summed E-state index contributed by atoms with van der Waals surface area (Å²) in [4.78, 5) is 18.7. The summed E-state index contributed by atoms with van der Waals surface area (Å²) >= 11 is 7.34. The van der Waals surface area contributed by atoms with Crippen LogP contribution >= 0.6 is 22.9 Å². The quantitative estimate of drug-likeness (QED) is 0.596. The predicted molar refractivity (Wildman–Crippen MR) is 114 cm³/mol. The highest BCUT2D eigenvalue weighted by Gasteiger charge is 2.08. The van der Waals surface area contributed by atoms with Crippen molar-refractivity contribution in [2.24, 2.45) is 0 Å². The number of carbonyl (C=O) groups excluding carboxylic acids is 1. The van der Waals surface area contributed by atoms with Crippen molar-refractivity contribution in [3.05, 3.63) is 75.2 Å². The third-order valence-electron chi connectivity index (χ3n) is 4.06. The molecule has 1 amide bonds. The van der Waals surface area contributed by atoms with E-state index in [1.807, 2.05) is 60.8 Å². The molecule has 28 heavy (non-hydrogen) atoms. The fourth-order valence-corrected chi connectivity index (χ4v) is 3.34. The van der Waals surface area contributed by atoms with E-state index in [1.165, 1.54) is 11.3 Å². The summed E-state index contributed by atoms with van der Waals surface area (Å²) in [5, 5.41) is 6.33. The first-order chi connectivity index (χ1) is 13.5. The van der Waals surface area contributed by atoms with Crippen LogP contribution in [-0.4, -0.2) is 25.0 Å². The minimum atomic E-state index is -0.0489. The molecule has 0 fully saturated rings. The first kappa shape index (κ1) is 20.2. The van der Waals surface area contributed by atoms with Gasteiger partial charge in [0.25, 0.3) is 0 Å². The number of nitrogens with one attached hydrogen (secondary N) is 1. The van der Waals surface area contributed by atoms with Crippen molar-refractivity contribution < 1.29 is 9.53 Å². The average Bonchev–Trinajstić information content (AvgIpc) is 3.13. The molecule has 0 aliphatic carbocycles. The van der Waals surface area contributed by atoms with Crippen molar-refractivity contribution in [1.82, 2.24) is 10.3 Å². The molecule has 1 aromatic heterocycles. The molecule has 5 nitrogen and oxygen atoms in total. The first-order valence-electron chi connectivity index (χ1n) is 8.84.